The van der Waals surface area contributed by atoms with Crippen LogP contribution in [0.15, 0.2) is 71.3 Å². The predicted molar refractivity (Wildman–Crippen MR) is 138 cm³/mol. The van der Waals surface area contributed by atoms with Gasteiger partial charge in [0.05, 0.1) is 18.3 Å². The van der Waals surface area contributed by atoms with E-state index in [0.717, 1.165) is 29.5 Å². The average Bonchev–Trinajstić information content (AvgIpc) is 3.54. The number of aryl methyl sites for hydroxylation is 1. The lowest BCUT2D eigenvalue weighted by atomic mass is 9.97. The van der Waals surface area contributed by atoms with E-state index >= 15 is 0 Å². The second-order valence-corrected chi connectivity index (χ2v) is 9.56. The number of para-hydroxylation sites is 1. The SMILES string of the molecule is CCc1ccc([C@@H](C(=O)NC(C)(C)CC)N(Cc2ccco2)C(=O)Cn2nnc3ccccc32)cc1. The van der Waals surface area contributed by atoms with Crippen molar-refractivity contribution in [2.45, 2.75) is 65.2 Å². The second kappa shape index (κ2) is 10.8. The third-order valence-electron chi connectivity index (χ3n) is 6.54. The summed E-state index contributed by atoms with van der Waals surface area (Å²) in [6.07, 6.45) is 3.19. The van der Waals surface area contributed by atoms with E-state index in [0.29, 0.717) is 11.3 Å². The van der Waals surface area contributed by atoms with Crippen LogP contribution >= 0.6 is 0 Å². The number of furan rings is 1. The Morgan fingerprint density at radius 2 is 1.81 bits per heavy atom. The molecule has 2 aromatic carbocycles. The molecular formula is C28H33N5O3. The van der Waals surface area contributed by atoms with Gasteiger partial charge in [-0.2, -0.15) is 0 Å². The second-order valence-electron chi connectivity index (χ2n) is 9.56. The number of nitrogens with one attached hydrogen (secondary N) is 1. The molecule has 0 unspecified atom stereocenters. The molecule has 0 fully saturated rings. The lowest BCUT2D eigenvalue weighted by Crippen LogP contribution is -2.50. The Balaban J connectivity index is 1.74. The van der Waals surface area contributed by atoms with Crippen molar-refractivity contribution >= 4 is 22.8 Å². The van der Waals surface area contributed by atoms with E-state index in [9.17, 15) is 9.59 Å². The Kier molecular flexibility index (Phi) is 7.52. The van der Waals surface area contributed by atoms with Gasteiger partial charge in [-0.1, -0.05) is 55.5 Å². The molecule has 8 heteroatoms. The van der Waals surface area contributed by atoms with Crippen LogP contribution in [-0.4, -0.2) is 37.2 Å². The van der Waals surface area contributed by atoms with Crippen molar-refractivity contribution in [3.63, 3.8) is 0 Å². The van der Waals surface area contributed by atoms with Crippen LogP contribution in [0, 0.1) is 0 Å². The van der Waals surface area contributed by atoms with Gasteiger partial charge in [-0.3, -0.25) is 9.59 Å². The first-order valence-electron chi connectivity index (χ1n) is 12.3. The predicted octanol–water partition coefficient (Wildman–Crippen LogP) is 4.66. The van der Waals surface area contributed by atoms with E-state index < -0.39 is 11.6 Å². The molecule has 0 bridgehead atoms. The van der Waals surface area contributed by atoms with E-state index in [2.05, 4.69) is 22.6 Å². The number of aromatic nitrogens is 3. The number of amides is 2. The molecule has 4 aromatic rings. The first-order chi connectivity index (χ1) is 17.3. The highest BCUT2D eigenvalue weighted by molar-refractivity contribution is 5.89. The Morgan fingerprint density at radius 3 is 2.47 bits per heavy atom. The molecule has 0 radical (unpaired) electrons. The van der Waals surface area contributed by atoms with Crippen LogP contribution in [0.2, 0.25) is 0 Å². The van der Waals surface area contributed by atoms with Gasteiger partial charge < -0.3 is 14.6 Å². The summed E-state index contributed by atoms with van der Waals surface area (Å²) in [6.45, 7) is 8.13. The van der Waals surface area contributed by atoms with Crippen LogP contribution in [0.4, 0.5) is 0 Å². The van der Waals surface area contributed by atoms with Gasteiger partial charge in [0, 0.05) is 5.54 Å². The summed E-state index contributed by atoms with van der Waals surface area (Å²) in [6, 6.07) is 18.1. The van der Waals surface area contributed by atoms with Crippen LogP contribution in [0.1, 0.15) is 57.0 Å². The zero-order chi connectivity index (χ0) is 25.7. The van der Waals surface area contributed by atoms with Gasteiger partial charge in [-0.05, 0) is 62.1 Å². The molecule has 8 nitrogen and oxygen atoms in total. The minimum atomic E-state index is -0.853. The minimum Gasteiger partial charge on any atom is -0.467 e. The quantitative estimate of drug-likeness (QED) is 0.351. The summed E-state index contributed by atoms with van der Waals surface area (Å²) >= 11 is 0. The molecule has 1 atom stereocenters. The number of carbonyl (C=O) groups is 2. The van der Waals surface area contributed by atoms with Gasteiger partial charge in [-0.15, -0.1) is 5.10 Å². The summed E-state index contributed by atoms with van der Waals surface area (Å²) in [5.74, 6) is 0.0788. The number of fused-ring (bicyclic) bond motifs is 1. The summed E-state index contributed by atoms with van der Waals surface area (Å²) in [5.41, 5.74) is 2.92. The van der Waals surface area contributed by atoms with E-state index in [1.54, 1.807) is 28.0 Å². The molecule has 4 rings (SSSR count). The van der Waals surface area contributed by atoms with Crippen molar-refractivity contribution in [3.05, 3.63) is 83.8 Å². The molecule has 0 saturated heterocycles. The molecule has 36 heavy (non-hydrogen) atoms. The lowest BCUT2D eigenvalue weighted by molar-refractivity contribution is -0.143. The minimum absolute atomic E-state index is 0.0603. The number of rotatable bonds is 10. The maximum atomic E-state index is 13.9. The molecule has 188 valence electrons. The Labute approximate surface area is 211 Å². The van der Waals surface area contributed by atoms with Crippen molar-refractivity contribution in [3.8, 4) is 0 Å². The number of nitrogens with zero attached hydrogens (tertiary/aromatic N) is 4. The molecule has 1 N–H and O–H groups in total. The number of carbonyl (C=O) groups excluding carboxylic acids is 2. The molecule has 2 heterocycles. The highest BCUT2D eigenvalue weighted by atomic mass is 16.3. The molecule has 0 aliphatic heterocycles. The number of benzene rings is 2. The van der Waals surface area contributed by atoms with Crippen molar-refractivity contribution in [1.29, 1.82) is 0 Å². The van der Waals surface area contributed by atoms with Gasteiger partial charge in [0.15, 0.2) is 0 Å². The smallest absolute Gasteiger partial charge is 0.247 e. The first kappa shape index (κ1) is 25.2. The fraction of sp³-hybridized carbons (Fsp3) is 0.357. The molecule has 2 aromatic heterocycles. The molecule has 2 amide bonds. The van der Waals surface area contributed by atoms with Gasteiger partial charge in [0.1, 0.15) is 23.9 Å². The van der Waals surface area contributed by atoms with Gasteiger partial charge in [0.2, 0.25) is 11.8 Å². The van der Waals surface area contributed by atoms with Crippen LogP contribution in [0.3, 0.4) is 0 Å². The third kappa shape index (κ3) is 5.64. The monoisotopic (exact) mass is 487 g/mol. The Bertz CT molecular complexity index is 1310. The summed E-state index contributed by atoms with van der Waals surface area (Å²) in [7, 11) is 0. The Hall–Kier alpha value is -3.94. The third-order valence-corrected chi connectivity index (χ3v) is 6.54. The highest BCUT2D eigenvalue weighted by Crippen LogP contribution is 2.27. The van der Waals surface area contributed by atoms with Crippen LogP contribution in [0.5, 0.6) is 0 Å². The molecule has 0 aliphatic carbocycles. The van der Waals surface area contributed by atoms with E-state index in [4.69, 9.17) is 4.42 Å². The van der Waals surface area contributed by atoms with Gasteiger partial charge in [0.25, 0.3) is 0 Å². The fourth-order valence-electron chi connectivity index (χ4n) is 4.05. The summed E-state index contributed by atoms with van der Waals surface area (Å²) in [4.78, 5) is 29.2. The molecule has 0 saturated carbocycles. The first-order valence-corrected chi connectivity index (χ1v) is 12.3. The summed E-state index contributed by atoms with van der Waals surface area (Å²) < 4.78 is 7.15. The Morgan fingerprint density at radius 1 is 1.06 bits per heavy atom. The van der Waals surface area contributed by atoms with Gasteiger partial charge >= 0.3 is 0 Å². The van der Waals surface area contributed by atoms with E-state index in [-0.39, 0.29) is 24.9 Å². The van der Waals surface area contributed by atoms with Crippen molar-refractivity contribution in [1.82, 2.24) is 25.2 Å². The van der Waals surface area contributed by atoms with Crippen molar-refractivity contribution in [2.75, 3.05) is 0 Å². The van der Waals surface area contributed by atoms with Crippen LogP contribution in [-0.2, 0) is 29.1 Å². The van der Waals surface area contributed by atoms with Crippen LogP contribution in [0.25, 0.3) is 11.0 Å². The standard InChI is InChI=1S/C28H33N5O3/c1-5-20-13-15-21(16-14-20)26(27(35)29-28(3,4)6-2)32(18-22-10-9-17-36-22)25(34)19-33-24-12-8-7-11-23(24)30-31-33/h7-17,26H,5-6,18-19H2,1-4H3,(H,29,35)/t26-/m0/s1. The van der Waals surface area contributed by atoms with E-state index in [1.165, 1.54) is 0 Å². The van der Waals surface area contributed by atoms with Crippen molar-refractivity contribution < 1.29 is 14.0 Å². The normalized spacial score (nSPS) is 12.4. The largest absolute Gasteiger partial charge is 0.467 e. The zero-order valence-corrected chi connectivity index (χ0v) is 21.3. The summed E-state index contributed by atoms with van der Waals surface area (Å²) in [5, 5.41) is 11.5. The molecule has 0 aliphatic rings. The van der Waals surface area contributed by atoms with E-state index in [1.807, 2.05) is 69.3 Å². The average molecular weight is 488 g/mol. The van der Waals surface area contributed by atoms with Crippen LogP contribution < -0.4 is 5.32 Å². The molecular weight excluding hydrogens is 454 g/mol. The number of hydrogen-bond acceptors (Lipinski definition) is 5. The topological polar surface area (TPSA) is 93.3 Å². The molecule has 0 spiro atoms. The van der Waals surface area contributed by atoms with Gasteiger partial charge in [-0.25, -0.2) is 4.68 Å². The maximum absolute atomic E-state index is 13.9. The zero-order valence-electron chi connectivity index (χ0n) is 21.3. The van der Waals surface area contributed by atoms with Crippen molar-refractivity contribution in [2.24, 2.45) is 0 Å². The fourth-order valence-corrected chi connectivity index (χ4v) is 4.05. The lowest BCUT2D eigenvalue weighted by Gasteiger charge is -2.34. The highest BCUT2D eigenvalue weighted by Gasteiger charge is 2.34. The maximum Gasteiger partial charge on any atom is 0.247 e. The number of hydrogen-bond donors (Lipinski definition) is 1.